The van der Waals surface area contributed by atoms with Crippen LogP contribution in [-0.4, -0.2) is 149 Å². The lowest BCUT2D eigenvalue weighted by Gasteiger charge is -2.37. The molecule has 4 amide bonds. The summed E-state index contributed by atoms with van der Waals surface area (Å²) in [5.41, 5.74) is 0. The average Bonchev–Trinajstić information content (AvgIpc) is 3.01. The van der Waals surface area contributed by atoms with Crippen molar-refractivity contribution >= 4 is 24.0 Å². The Bertz CT molecular complexity index is 895. The number of nitrogens with zero attached hydrogens (tertiary/aromatic N) is 2. The number of imide groups is 1. The molecule has 0 radical (unpaired) electrons. The van der Waals surface area contributed by atoms with Gasteiger partial charge in [0.2, 0.25) is 6.35 Å². The van der Waals surface area contributed by atoms with Crippen molar-refractivity contribution in [3.63, 3.8) is 0 Å². The number of nitrogens with one attached hydrogen (secondary N) is 1. The third-order valence-corrected chi connectivity index (χ3v) is 6.59. The summed E-state index contributed by atoms with van der Waals surface area (Å²) in [7, 11) is 3.20. The summed E-state index contributed by atoms with van der Waals surface area (Å²) in [4.78, 5) is 51.4. The van der Waals surface area contributed by atoms with Crippen LogP contribution in [0.4, 0.5) is 9.59 Å². The molecule has 0 bridgehead atoms. The molecule has 0 saturated carbocycles. The minimum absolute atomic E-state index is 0.0222. The summed E-state index contributed by atoms with van der Waals surface area (Å²) in [6.07, 6.45) is -3.43. The van der Waals surface area contributed by atoms with Crippen LogP contribution in [0.5, 0.6) is 0 Å². The topological polar surface area (TPSA) is 181 Å². The van der Waals surface area contributed by atoms with E-state index in [1.807, 2.05) is 27.7 Å². The lowest BCUT2D eigenvalue weighted by molar-refractivity contribution is -0.149. The minimum Gasteiger partial charge on any atom is -0.463 e. The van der Waals surface area contributed by atoms with Gasteiger partial charge in [-0.1, -0.05) is 0 Å². The number of esters is 2. The van der Waals surface area contributed by atoms with Crippen LogP contribution in [0, 0.1) is 0 Å². The first-order chi connectivity index (χ1) is 21.3. The molecule has 1 aliphatic heterocycles. The fourth-order valence-corrected chi connectivity index (χ4v) is 3.54. The Labute approximate surface area is 265 Å². The number of methoxy groups -OCH3 is 2. The number of carbonyl (C=O) groups is 4. The summed E-state index contributed by atoms with van der Waals surface area (Å²) in [6.45, 7) is 11.8. The van der Waals surface area contributed by atoms with Crippen molar-refractivity contribution in [3.8, 4) is 0 Å². The van der Waals surface area contributed by atoms with E-state index >= 15 is 0 Å². The van der Waals surface area contributed by atoms with Gasteiger partial charge in [0.1, 0.15) is 13.2 Å². The maximum Gasteiger partial charge on any atom is 0.331 e. The first-order valence-corrected chi connectivity index (χ1v) is 15.2. The zero-order valence-electron chi connectivity index (χ0n) is 27.9. The maximum atomic E-state index is 12.9. The first kappa shape index (κ1) is 40.4. The summed E-state index contributed by atoms with van der Waals surface area (Å²) < 4.78 is 43.2. The Kier molecular flexibility index (Phi) is 19.8. The second kappa shape index (κ2) is 22.0. The van der Waals surface area contributed by atoms with Crippen molar-refractivity contribution in [2.24, 2.45) is 0 Å². The van der Waals surface area contributed by atoms with Crippen LogP contribution in [-0.2, 0) is 47.5 Å². The predicted octanol–water partition coefficient (Wildman–Crippen LogP) is 1.27. The molecule has 7 atom stereocenters. The Morgan fingerprint density at radius 1 is 0.667 bits per heavy atom. The van der Waals surface area contributed by atoms with Crippen LogP contribution in [0.1, 0.15) is 54.4 Å². The van der Waals surface area contributed by atoms with Crippen LogP contribution >= 0.6 is 0 Å². The van der Waals surface area contributed by atoms with Gasteiger partial charge in [0.25, 0.3) is 0 Å². The molecule has 7 unspecified atom stereocenters. The number of urea groups is 2. The van der Waals surface area contributed by atoms with Crippen LogP contribution in [0.15, 0.2) is 0 Å². The van der Waals surface area contributed by atoms with Crippen molar-refractivity contribution in [3.05, 3.63) is 0 Å². The van der Waals surface area contributed by atoms with E-state index in [2.05, 4.69) is 5.32 Å². The molecule has 0 aliphatic carbocycles. The number of ether oxygens (including phenoxy) is 8. The molecule has 0 aromatic heterocycles. The molecule has 0 spiro atoms. The highest BCUT2D eigenvalue weighted by Crippen LogP contribution is 2.12. The molecule has 45 heavy (non-hydrogen) atoms. The first-order valence-electron chi connectivity index (χ1n) is 15.2. The summed E-state index contributed by atoms with van der Waals surface area (Å²) in [6, 6.07) is -1.75. The molecular weight excluding hydrogens is 598 g/mol. The zero-order chi connectivity index (χ0) is 33.9. The van der Waals surface area contributed by atoms with Crippen molar-refractivity contribution in [1.29, 1.82) is 0 Å². The van der Waals surface area contributed by atoms with Gasteiger partial charge in [-0.15, -0.1) is 0 Å². The van der Waals surface area contributed by atoms with E-state index in [1.165, 1.54) is 0 Å². The van der Waals surface area contributed by atoms with E-state index in [4.69, 9.17) is 37.9 Å². The number of amides is 4. The Morgan fingerprint density at radius 2 is 1.04 bits per heavy atom. The van der Waals surface area contributed by atoms with Gasteiger partial charge in [-0.2, -0.15) is 0 Å². The molecule has 1 rings (SSSR count). The molecule has 0 aromatic rings. The zero-order valence-corrected chi connectivity index (χ0v) is 27.9. The van der Waals surface area contributed by atoms with Gasteiger partial charge in [-0.25, -0.2) is 14.5 Å². The second-order valence-electron chi connectivity index (χ2n) is 11.0. The lowest BCUT2D eigenvalue weighted by atomic mass is 10.3. The summed E-state index contributed by atoms with van der Waals surface area (Å²) in [5.74, 6) is -1.27. The highest BCUT2D eigenvalue weighted by atomic mass is 16.6. The molecule has 0 aromatic carbocycles. The number of aliphatic hydroxyl groups is 1. The van der Waals surface area contributed by atoms with Gasteiger partial charge < -0.3 is 43.0 Å². The number of aliphatic hydroxyl groups excluding tert-OH is 1. The fraction of sp³-hybridized carbons (Fsp3) is 0.862. The highest BCUT2D eigenvalue weighted by molar-refractivity contribution is 5.96. The summed E-state index contributed by atoms with van der Waals surface area (Å²) in [5, 5.41) is 12.4. The normalized spacial score (nSPS) is 19.4. The van der Waals surface area contributed by atoms with Crippen LogP contribution < -0.4 is 5.32 Å². The van der Waals surface area contributed by atoms with Crippen molar-refractivity contribution in [2.75, 3.05) is 67.0 Å². The Morgan fingerprint density at radius 3 is 1.47 bits per heavy atom. The second-order valence-corrected chi connectivity index (χ2v) is 11.0. The third-order valence-electron chi connectivity index (χ3n) is 6.59. The number of rotatable bonds is 24. The van der Waals surface area contributed by atoms with Gasteiger partial charge in [0, 0.05) is 27.3 Å². The number of hydrogen-bond acceptors (Lipinski definition) is 13. The largest absolute Gasteiger partial charge is 0.463 e. The van der Waals surface area contributed by atoms with Gasteiger partial charge in [0.15, 0.2) is 0 Å². The third kappa shape index (κ3) is 17.0. The summed E-state index contributed by atoms with van der Waals surface area (Å²) >= 11 is 0. The van der Waals surface area contributed by atoms with Gasteiger partial charge >= 0.3 is 24.0 Å². The van der Waals surface area contributed by atoms with Crippen LogP contribution in [0.25, 0.3) is 0 Å². The number of carbonyl (C=O) groups excluding carboxylic acids is 4. The average molecular weight is 652 g/mol. The highest BCUT2D eigenvalue weighted by Gasteiger charge is 2.37. The van der Waals surface area contributed by atoms with E-state index in [0.29, 0.717) is 26.4 Å². The molecule has 16 nitrogen and oxygen atoms in total. The lowest BCUT2D eigenvalue weighted by Crippen LogP contribution is -2.65. The predicted molar refractivity (Wildman–Crippen MR) is 159 cm³/mol. The van der Waals surface area contributed by atoms with Crippen LogP contribution in [0.3, 0.4) is 0 Å². The molecule has 1 fully saturated rings. The van der Waals surface area contributed by atoms with E-state index < -0.39 is 42.6 Å². The van der Waals surface area contributed by atoms with E-state index in [0.717, 1.165) is 9.80 Å². The van der Waals surface area contributed by atoms with Crippen molar-refractivity contribution in [1.82, 2.24) is 15.1 Å². The molecule has 1 saturated heterocycles. The molecule has 2 N–H and O–H groups in total. The van der Waals surface area contributed by atoms with E-state index in [-0.39, 0.29) is 63.6 Å². The SMILES string of the molecule is COC(C)COC(C)COC(C)COC(=O)CCN1C(=O)NC(O)N(CCC(=O)OCC(C)OCC(C)OCC(C)OC)C1=O. The molecular formula is C29H53N3O13. The smallest absolute Gasteiger partial charge is 0.331 e. The van der Waals surface area contributed by atoms with E-state index in [1.54, 1.807) is 28.1 Å². The minimum atomic E-state index is -1.65. The maximum absolute atomic E-state index is 12.9. The molecule has 262 valence electrons. The van der Waals surface area contributed by atoms with Gasteiger partial charge in [-0.05, 0) is 41.5 Å². The Balaban J connectivity index is 2.38. The Hall–Kier alpha value is -2.60. The molecule has 1 heterocycles. The molecule has 1 aliphatic rings. The van der Waals surface area contributed by atoms with E-state index in [9.17, 15) is 24.3 Å². The van der Waals surface area contributed by atoms with Gasteiger partial charge in [0.05, 0.1) is 75.9 Å². The number of hydrogen-bond donors (Lipinski definition) is 2. The molecule has 16 heteroatoms. The fourth-order valence-electron chi connectivity index (χ4n) is 3.54. The van der Waals surface area contributed by atoms with Crippen molar-refractivity contribution in [2.45, 2.75) is 97.4 Å². The van der Waals surface area contributed by atoms with Crippen LogP contribution in [0.2, 0.25) is 0 Å². The van der Waals surface area contributed by atoms with Gasteiger partial charge in [-0.3, -0.25) is 19.8 Å². The monoisotopic (exact) mass is 651 g/mol. The quantitative estimate of drug-likeness (QED) is 0.143. The standard InChI is InChI=1S/C29H53N3O13/c1-19(38-7)13-40-21(3)15-42-23(5)17-44-25(33)9-11-31-27(35)30-28(36)32(29(31)37)12-10-26(34)45-18-24(6)43-16-22(4)41-14-20(2)39-8/h19-24,27,35H,9-18H2,1-8H3,(H,30,36). The van der Waals surface area contributed by atoms with Crippen molar-refractivity contribution < 1.29 is 62.2 Å².